The van der Waals surface area contributed by atoms with Gasteiger partial charge in [-0.2, -0.15) is 0 Å². The highest BCUT2D eigenvalue weighted by Gasteiger charge is 2.37. The summed E-state index contributed by atoms with van der Waals surface area (Å²) in [5.41, 5.74) is 4.28. The largest absolute Gasteiger partial charge is 0.325 e. The van der Waals surface area contributed by atoms with E-state index in [0.717, 1.165) is 22.3 Å². The molecule has 2 aromatic rings. The van der Waals surface area contributed by atoms with Gasteiger partial charge in [0.25, 0.3) is 5.91 Å². The zero-order valence-electron chi connectivity index (χ0n) is 13.4. The second-order valence-electron chi connectivity index (χ2n) is 6.11. The first-order valence-corrected chi connectivity index (χ1v) is 7.76. The lowest BCUT2D eigenvalue weighted by molar-refractivity contribution is -0.127. The highest BCUT2D eigenvalue weighted by atomic mass is 16.2. The highest BCUT2D eigenvalue weighted by Crippen LogP contribution is 2.17. The maximum Gasteiger partial charge on any atom is 0.325 e. The van der Waals surface area contributed by atoms with Gasteiger partial charge in [-0.25, -0.2) is 4.79 Å². The molecule has 1 N–H and O–H groups in total. The maximum atomic E-state index is 12.5. The average molecular weight is 308 g/mol. The van der Waals surface area contributed by atoms with Gasteiger partial charge in [-0.3, -0.25) is 9.69 Å². The minimum atomic E-state index is -0.476. The maximum absolute atomic E-state index is 12.5. The third-order valence-electron chi connectivity index (χ3n) is 4.01. The van der Waals surface area contributed by atoms with Crippen LogP contribution in [0.15, 0.2) is 48.5 Å². The molecule has 1 fully saturated rings. The van der Waals surface area contributed by atoms with Crippen molar-refractivity contribution in [2.75, 3.05) is 0 Å². The molecule has 118 valence electrons. The van der Waals surface area contributed by atoms with E-state index in [1.165, 1.54) is 4.90 Å². The first-order chi connectivity index (χ1) is 11.0. The molecule has 0 radical (unpaired) electrons. The number of amides is 3. The first kappa shape index (κ1) is 15.3. The van der Waals surface area contributed by atoms with Gasteiger partial charge in [-0.05, 0) is 25.0 Å². The van der Waals surface area contributed by atoms with Crippen molar-refractivity contribution in [3.05, 3.63) is 70.8 Å². The summed E-state index contributed by atoms with van der Waals surface area (Å²) in [6, 6.07) is 15.0. The first-order valence-electron chi connectivity index (χ1n) is 7.76. The Kier molecular flexibility index (Phi) is 4.15. The predicted octanol–water partition coefficient (Wildman–Crippen LogP) is 2.97. The van der Waals surface area contributed by atoms with E-state index in [1.54, 1.807) is 0 Å². The van der Waals surface area contributed by atoms with Gasteiger partial charge < -0.3 is 5.32 Å². The second-order valence-corrected chi connectivity index (χ2v) is 6.11. The summed E-state index contributed by atoms with van der Waals surface area (Å²) in [5.74, 6) is -0.155. The van der Waals surface area contributed by atoms with Gasteiger partial charge in [0.15, 0.2) is 0 Å². The molecular formula is C19H20N2O2. The zero-order chi connectivity index (χ0) is 16.4. The van der Waals surface area contributed by atoms with Gasteiger partial charge in [0, 0.05) is 6.42 Å². The van der Waals surface area contributed by atoms with E-state index in [-0.39, 0.29) is 11.9 Å². The van der Waals surface area contributed by atoms with Crippen molar-refractivity contribution < 1.29 is 9.59 Å². The molecule has 0 aromatic heterocycles. The fourth-order valence-electron chi connectivity index (χ4n) is 3.06. The summed E-state index contributed by atoms with van der Waals surface area (Å²) in [4.78, 5) is 26.0. The number of nitrogens with one attached hydrogen (secondary N) is 1. The van der Waals surface area contributed by atoms with Crippen LogP contribution >= 0.6 is 0 Å². The van der Waals surface area contributed by atoms with E-state index < -0.39 is 6.04 Å². The summed E-state index contributed by atoms with van der Waals surface area (Å²) in [6.45, 7) is 4.35. The molecule has 4 heteroatoms. The Labute approximate surface area is 136 Å². The fraction of sp³-hybridized carbons (Fsp3) is 0.263. The molecule has 1 atom stereocenters. The van der Waals surface area contributed by atoms with Crippen molar-refractivity contribution in [3.63, 3.8) is 0 Å². The van der Waals surface area contributed by atoms with Crippen molar-refractivity contribution in [2.24, 2.45) is 0 Å². The zero-order valence-corrected chi connectivity index (χ0v) is 13.4. The summed E-state index contributed by atoms with van der Waals surface area (Å²) in [5, 5.41) is 2.79. The molecular weight excluding hydrogens is 288 g/mol. The number of rotatable bonds is 4. The summed E-state index contributed by atoms with van der Waals surface area (Å²) in [6.07, 6.45) is 0.523. The molecule has 1 saturated heterocycles. The summed E-state index contributed by atoms with van der Waals surface area (Å²) in [7, 11) is 0. The molecule has 1 heterocycles. The molecule has 3 amide bonds. The summed E-state index contributed by atoms with van der Waals surface area (Å²) >= 11 is 0. The Hall–Kier alpha value is -2.62. The fourth-order valence-corrected chi connectivity index (χ4v) is 3.06. The van der Waals surface area contributed by atoms with Crippen molar-refractivity contribution >= 4 is 11.9 Å². The minimum Gasteiger partial charge on any atom is -0.325 e. The smallest absolute Gasteiger partial charge is 0.325 e. The van der Waals surface area contributed by atoms with Gasteiger partial charge in [0.1, 0.15) is 6.04 Å². The molecule has 0 spiro atoms. The van der Waals surface area contributed by atoms with E-state index in [9.17, 15) is 9.59 Å². The number of imide groups is 1. The van der Waals surface area contributed by atoms with E-state index in [2.05, 4.69) is 11.4 Å². The Morgan fingerprint density at radius 3 is 2.26 bits per heavy atom. The molecule has 2 aromatic carbocycles. The number of nitrogens with zero attached hydrogens (tertiary/aromatic N) is 1. The van der Waals surface area contributed by atoms with Crippen molar-refractivity contribution in [1.29, 1.82) is 0 Å². The van der Waals surface area contributed by atoms with Crippen LogP contribution in [0.4, 0.5) is 4.79 Å². The third-order valence-corrected chi connectivity index (χ3v) is 4.01. The lowest BCUT2D eigenvalue weighted by atomic mass is 10.1. The molecule has 1 aliphatic rings. The topological polar surface area (TPSA) is 49.4 Å². The van der Waals surface area contributed by atoms with Crippen LogP contribution in [0.3, 0.4) is 0 Å². The van der Waals surface area contributed by atoms with Crippen molar-refractivity contribution in [1.82, 2.24) is 10.2 Å². The molecule has 0 unspecified atom stereocenters. The number of hydrogen-bond donors (Lipinski definition) is 1. The predicted molar refractivity (Wildman–Crippen MR) is 88.9 cm³/mol. The van der Waals surface area contributed by atoms with Crippen molar-refractivity contribution in [2.45, 2.75) is 32.9 Å². The van der Waals surface area contributed by atoms with Crippen LogP contribution in [0.5, 0.6) is 0 Å². The number of aryl methyl sites for hydroxylation is 2. The lowest BCUT2D eigenvalue weighted by Crippen LogP contribution is -2.32. The van der Waals surface area contributed by atoms with Gasteiger partial charge >= 0.3 is 6.03 Å². The Bertz CT molecular complexity index is 720. The molecule has 23 heavy (non-hydrogen) atoms. The van der Waals surface area contributed by atoms with Crippen LogP contribution in [0.1, 0.15) is 22.3 Å². The van der Waals surface area contributed by atoms with Gasteiger partial charge in [0.2, 0.25) is 0 Å². The highest BCUT2D eigenvalue weighted by molar-refractivity contribution is 6.04. The number of benzene rings is 2. The molecule has 0 aliphatic carbocycles. The second kappa shape index (κ2) is 6.24. The molecule has 4 nitrogen and oxygen atoms in total. The van der Waals surface area contributed by atoms with E-state index in [0.29, 0.717) is 13.0 Å². The SMILES string of the molecule is Cc1cc(C)cc(CN2C(=O)N[C@H](Cc3ccccc3)C2=O)c1. The van der Waals surface area contributed by atoms with E-state index >= 15 is 0 Å². The van der Waals surface area contributed by atoms with Crippen LogP contribution in [0.25, 0.3) is 0 Å². The Balaban J connectivity index is 1.73. The number of carbonyl (C=O) groups excluding carboxylic acids is 2. The van der Waals surface area contributed by atoms with E-state index in [1.807, 2.05) is 56.3 Å². The number of urea groups is 1. The van der Waals surface area contributed by atoms with Crippen molar-refractivity contribution in [3.8, 4) is 0 Å². The number of carbonyl (C=O) groups is 2. The molecule has 3 rings (SSSR count). The van der Waals surface area contributed by atoms with Crippen LogP contribution in [0.2, 0.25) is 0 Å². The van der Waals surface area contributed by atoms with E-state index in [4.69, 9.17) is 0 Å². The van der Waals surface area contributed by atoms with Gasteiger partial charge in [0.05, 0.1) is 6.54 Å². The normalized spacial score (nSPS) is 17.5. The summed E-state index contributed by atoms with van der Waals surface area (Å²) < 4.78 is 0. The minimum absolute atomic E-state index is 0.155. The van der Waals surface area contributed by atoms with Crippen LogP contribution in [0, 0.1) is 13.8 Å². The molecule has 0 bridgehead atoms. The average Bonchev–Trinajstić information content (AvgIpc) is 2.75. The van der Waals surface area contributed by atoms with Gasteiger partial charge in [-0.1, -0.05) is 59.7 Å². The monoisotopic (exact) mass is 308 g/mol. The quantitative estimate of drug-likeness (QED) is 0.883. The van der Waals surface area contributed by atoms with Gasteiger partial charge in [-0.15, -0.1) is 0 Å². The molecule has 0 saturated carbocycles. The third kappa shape index (κ3) is 3.42. The lowest BCUT2D eigenvalue weighted by Gasteiger charge is -2.14. The standard InChI is InChI=1S/C19H20N2O2/c1-13-8-14(2)10-16(9-13)12-21-18(22)17(20-19(21)23)11-15-6-4-3-5-7-15/h3-10,17H,11-12H2,1-2H3,(H,20,23)/t17-/m1/s1. The van der Waals surface area contributed by atoms with Crippen LogP contribution < -0.4 is 5.32 Å². The van der Waals surface area contributed by atoms with Crippen LogP contribution in [-0.4, -0.2) is 22.9 Å². The number of hydrogen-bond acceptors (Lipinski definition) is 2. The Morgan fingerprint density at radius 1 is 0.957 bits per heavy atom. The molecule has 1 aliphatic heterocycles. The van der Waals surface area contributed by atoms with Crippen LogP contribution in [-0.2, 0) is 17.8 Å². The Morgan fingerprint density at radius 2 is 1.61 bits per heavy atom.